The lowest BCUT2D eigenvalue weighted by Gasteiger charge is -2.19. The molecule has 462 valence electrons. The van der Waals surface area contributed by atoms with Gasteiger partial charge in [-0.15, -0.1) is 0 Å². The molecule has 0 saturated heterocycles. The second-order valence-electron chi connectivity index (χ2n) is 19.8. The summed E-state index contributed by atoms with van der Waals surface area (Å²) in [5, 5.41) is 0. The fourth-order valence-corrected chi connectivity index (χ4v) is 8.35. The lowest BCUT2D eigenvalue weighted by Crippen LogP contribution is -2.29. The fourth-order valence-electron chi connectivity index (χ4n) is 7.58. The topological polar surface area (TPSA) is 134 Å². The van der Waals surface area contributed by atoms with Gasteiger partial charge in [-0.05, 0) is 148 Å². The third-order valence-corrected chi connectivity index (χ3v) is 13.1. The SMILES string of the molecule is CC/C=C\C/C=C\C/C=C\C/C=C\C/C=C\C/C=C\C/C=C\C/C=C\C/C=C\C/C=C\CCCCCCC(=O)OC(COC(=O)CCCCCCC/C=C\C/C=C\C/C=C\C/C=C\C/C=C\C/C=C\C/C=C\CC)COP(=O)(O)OCCN. The predicted molar refractivity (Wildman–Crippen MR) is 357 cm³/mol. The highest BCUT2D eigenvalue weighted by atomic mass is 31.2. The number of phosphoric acid groups is 1. The van der Waals surface area contributed by atoms with Crippen LogP contribution in [-0.4, -0.2) is 49.3 Å². The predicted octanol–water partition coefficient (Wildman–Crippen LogP) is 20.7. The number of esters is 2. The van der Waals surface area contributed by atoms with Crippen LogP contribution >= 0.6 is 7.82 Å². The summed E-state index contributed by atoms with van der Waals surface area (Å²) in [5.74, 6) is -0.899. The van der Waals surface area contributed by atoms with Gasteiger partial charge < -0.3 is 20.1 Å². The van der Waals surface area contributed by atoms with Crippen molar-refractivity contribution >= 4 is 19.8 Å². The Bertz CT molecular complexity index is 2110. The minimum absolute atomic E-state index is 0.0333. The standard InChI is InChI=1S/C73H112NO8P/c1-3-5-7-9-11-13-15-17-19-21-23-25-27-29-31-32-33-34-35-36-37-38-40-42-44-46-48-50-52-54-56-58-60-62-64-66-73(76)82-71(70-81-83(77,78)80-68-67-74)69-79-72(75)65-63-61-59-57-55-53-51-49-47-45-43-41-39-30-28-26-24-22-20-18-16-14-12-10-8-6-4-2/h5-8,11-14,17-20,23-26,29-31,33-34,36-37,39-40,42-43,45-46,48-49,51-52,54,71H,3-4,9-10,15-16,21-22,27-28,32,35,38,41,44,47,50,53,55-70,74H2,1-2H3,(H,77,78)/b7-5-,8-6-,13-11-,14-12-,19-17-,20-18-,25-23-,26-24-,31-29-,34-33-,37-36-,39-30-,42-40-,45-43-,48-46-,51-49-,54-52-. The zero-order valence-corrected chi connectivity index (χ0v) is 52.5. The Morgan fingerprint density at radius 2 is 0.627 bits per heavy atom. The molecule has 0 aliphatic rings. The molecule has 0 radical (unpaired) electrons. The summed E-state index contributed by atoms with van der Waals surface area (Å²) in [7, 11) is -4.42. The Morgan fingerprint density at radius 1 is 0.361 bits per heavy atom. The van der Waals surface area contributed by atoms with Gasteiger partial charge in [-0.25, -0.2) is 4.57 Å². The number of hydrogen-bond donors (Lipinski definition) is 2. The summed E-state index contributed by atoms with van der Waals surface area (Å²) in [4.78, 5) is 35.3. The van der Waals surface area contributed by atoms with Crippen LogP contribution in [0.2, 0.25) is 0 Å². The van der Waals surface area contributed by atoms with E-state index in [1.807, 2.05) is 0 Å². The molecule has 2 atom stereocenters. The van der Waals surface area contributed by atoms with Crippen molar-refractivity contribution in [3.63, 3.8) is 0 Å². The largest absolute Gasteiger partial charge is 0.472 e. The molecule has 9 nitrogen and oxygen atoms in total. The molecule has 0 spiro atoms. The van der Waals surface area contributed by atoms with Crippen LogP contribution in [-0.2, 0) is 32.7 Å². The van der Waals surface area contributed by atoms with Gasteiger partial charge in [0.1, 0.15) is 6.61 Å². The van der Waals surface area contributed by atoms with E-state index >= 15 is 0 Å². The van der Waals surface area contributed by atoms with Crippen molar-refractivity contribution in [2.24, 2.45) is 5.73 Å². The number of phosphoric ester groups is 1. The van der Waals surface area contributed by atoms with E-state index in [4.69, 9.17) is 24.3 Å². The molecule has 0 fully saturated rings. The zero-order valence-electron chi connectivity index (χ0n) is 51.6. The normalized spacial score (nSPS) is 14.4. The van der Waals surface area contributed by atoms with Gasteiger partial charge in [0.15, 0.2) is 6.10 Å². The van der Waals surface area contributed by atoms with Gasteiger partial charge in [0.25, 0.3) is 0 Å². The summed E-state index contributed by atoms with van der Waals surface area (Å²) in [6.07, 6.45) is 102. The van der Waals surface area contributed by atoms with Gasteiger partial charge >= 0.3 is 19.8 Å². The average molecular weight is 1160 g/mol. The maximum atomic E-state index is 12.7. The first kappa shape index (κ1) is 77.6. The van der Waals surface area contributed by atoms with Gasteiger partial charge in [-0.1, -0.05) is 253 Å². The summed E-state index contributed by atoms with van der Waals surface area (Å²) < 4.78 is 33.0. The van der Waals surface area contributed by atoms with Crippen LogP contribution in [0.1, 0.15) is 206 Å². The van der Waals surface area contributed by atoms with Crippen molar-refractivity contribution in [1.29, 1.82) is 0 Å². The molecular weight excluding hydrogens is 1050 g/mol. The maximum absolute atomic E-state index is 12.7. The van der Waals surface area contributed by atoms with Crippen LogP contribution in [0.5, 0.6) is 0 Å². The molecular formula is C73H112NO8P. The zero-order chi connectivity index (χ0) is 60.1. The monoisotopic (exact) mass is 1160 g/mol. The fraction of sp³-hybridized carbons (Fsp3) is 0.507. The highest BCUT2D eigenvalue weighted by Gasteiger charge is 2.26. The number of unbranched alkanes of at least 4 members (excludes halogenated alkanes) is 9. The van der Waals surface area contributed by atoms with Gasteiger partial charge in [0.05, 0.1) is 13.2 Å². The molecule has 83 heavy (non-hydrogen) atoms. The number of carbonyl (C=O) groups is 2. The van der Waals surface area contributed by atoms with Crippen LogP contribution in [0.15, 0.2) is 207 Å². The van der Waals surface area contributed by atoms with E-state index in [2.05, 4.69) is 220 Å². The molecule has 0 aromatic carbocycles. The van der Waals surface area contributed by atoms with Crippen LogP contribution in [0.3, 0.4) is 0 Å². The Balaban J connectivity index is 4.14. The van der Waals surface area contributed by atoms with E-state index in [0.717, 1.165) is 167 Å². The van der Waals surface area contributed by atoms with Crippen LogP contribution in [0, 0.1) is 0 Å². The molecule has 0 aliphatic heterocycles. The quantitative estimate of drug-likeness (QED) is 0.0264. The van der Waals surface area contributed by atoms with Crippen molar-refractivity contribution < 1.29 is 37.6 Å². The van der Waals surface area contributed by atoms with E-state index in [-0.39, 0.29) is 32.6 Å². The molecule has 0 aliphatic carbocycles. The lowest BCUT2D eigenvalue weighted by molar-refractivity contribution is -0.161. The Morgan fingerprint density at radius 3 is 0.928 bits per heavy atom. The van der Waals surface area contributed by atoms with Gasteiger partial charge in [0.2, 0.25) is 0 Å². The number of hydrogen-bond acceptors (Lipinski definition) is 8. The third-order valence-electron chi connectivity index (χ3n) is 12.2. The molecule has 3 N–H and O–H groups in total. The highest BCUT2D eigenvalue weighted by Crippen LogP contribution is 2.43. The molecule has 10 heteroatoms. The summed E-state index contributed by atoms with van der Waals surface area (Å²) in [5.41, 5.74) is 5.39. The first-order chi connectivity index (χ1) is 40.8. The minimum atomic E-state index is -4.42. The van der Waals surface area contributed by atoms with E-state index in [1.54, 1.807) is 0 Å². The molecule has 0 aromatic rings. The molecule has 0 saturated carbocycles. The number of carbonyl (C=O) groups excluding carboxylic acids is 2. The second kappa shape index (κ2) is 65.7. The molecule has 0 amide bonds. The molecule has 0 bridgehead atoms. The smallest absolute Gasteiger partial charge is 0.462 e. The molecule has 0 aromatic heterocycles. The van der Waals surface area contributed by atoms with Gasteiger partial charge in [0, 0.05) is 19.4 Å². The van der Waals surface area contributed by atoms with Crippen molar-refractivity contribution in [2.45, 2.75) is 213 Å². The van der Waals surface area contributed by atoms with E-state index in [1.165, 1.54) is 0 Å². The first-order valence-electron chi connectivity index (χ1n) is 31.6. The van der Waals surface area contributed by atoms with Crippen molar-refractivity contribution in [1.82, 2.24) is 0 Å². The highest BCUT2D eigenvalue weighted by molar-refractivity contribution is 7.47. The van der Waals surface area contributed by atoms with E-state index in [0.29, 0.717) is 12.8 Å². The average Bonchev–Trinajstić information content (AvgIpc) is 3.48. The minimum Gasteiger partial charge on any atom is -0.462 e. The molecule has 0 heterocycles. The first-order valence-corrected chi connectivity index (χ1v) is 33.1. The Hall–Kier alpha value is -5.41. The summed E-state index contributed by atoms with van der Waals surface area (Å²) in [6.45, 7) is 3.42. The Labute approximate surface area is 506 Å². The summed E-state index contributed by atoms with van der Waals surface area (Å²) >= 11 is 0. The summed E-state index contributed by atoms with van der Waals surface area (Å²) in [6, 6.07) is 0. The van der Waals surface area contributed by atoms with E-state index < -0.39 is 32.5 Å². The molecule has 0 rings (SSSR count). The van der Waals surface area contributed by atoms with Crippen molar-refractivity contribution in [3.05, 3.63) is 207 Å². The van der Waals surface area contributed by atoms with Crippen LogP contribution < -0.4 is 5.73 Å². The van der Waals surface area contributed by atoms with Crippen molar-refractivity contribution in [2.75, 3.05) is 26.4 Å². The number of nitrogens with two attached hydrogens (primary N) is 1. The Kier molecular flexibility index (Phi) is 61.5. The second-order valence-corrected chi connectivity index (χ2v) is 21.3. The van der Waals surface area contributed by atoms with E-state index in [9.17, 15) is 19.0 Å². The lowest BCUT2D eigenvalue weighted by atomic mass is 10.1. The van der Waals surface area contributed by atoms with Crippen molar-refractivity contribution in [3.8, 4) is 0 Å². The third kappa shape index (κ3) is 65.6. The number of allylic oxidation sites excluding steroid dienone is 34. The van der Waals surface area contributed by atoms with Gasteiger partial charge in [-0.2, -0.15) is 0 Å². The van der Waals surface area contributed by atoms with Crippen LogP contribution in [0.25, 0.3) is 0 Å². The maximum Gasteiger partial charge on any atom is 0.472 e. The van der Waals surface area contributed by atoms with Gasteiger partial charge in [-0.3, -0.25) is 18.6 Å². The number of ether oxygens (including phenoxy) is 2. The number of rotatable bonds is 56. The van der Waals surface area contributed by atoms with Crippen LogP contribution in [0.4, 0.5) is 0 Å². The molecule has 2 unspecified atom stereocenters.